The van der Waals surface area contributed by atoms with E-state index in [1.807, 2.05) is 0 Å². The van der Waals surface area contributed by atoms with Gasteiger partial charge in [-0.05, 0) is 48.0 Å². The van der Waals surface area contributed by atoms with Gasteiger partial charge in [0.15, 0.2) is 5.58 Å². The van der Waals surface area contributed by atoms with E-state index in [1.54, 1.807) is 12.1 Å². The lowest BCUT2D eigenvalue weighted by Crippen LogP contribution is -2.23. The number of hydrogen-bond donors (Lipinski definition) is 1. The van der Waals surface area contributed by atoms with Crippen molar-refractivity contribution in [1.82, 2.24) is 14.3 Å². The first kappa shape index (κ1) is 19.8. The molecule has 0 saturated carbocycles. The smallest absolute Gasteiger partial charge is 0.419 e. The average Bonchev–Trinajstić information content (AvgIpc) is 3.02. The molecular weight excluding hydrogens is 413 g/mol. The van der Waals surface area contributed by atoms with Crippen LogP contribution in [0.5, 0.6) is 11.6 Å². The zero-order chi connectivity index (χ0) is 21.3. The molecule has 0 bridgehead atoms. The number of benzene rings is 2. The number of fused-ring (bicyclic) bond motifs is 1. The van der Waals surface area contributed by atoms with E-state index in [9.17, 15) is 17.6 Å². The number of rotatable bonds is 6. The molecule has 0 unspecified atom stereocenters. The number of oxazole rings is 1. The van der Waals surface area contributed by atoms with Crippen molar-refractivity contribution in [1.29, 1.82) is 0 Å². The summed E-state index contributed by atoms with van der Waals surface area (Å²) in [6.45, 7) is -0.0125. The Kier molecular flexibility index (Phi) is 5.10. The number of halogens is 1. The van der Waals surface area contributed by atoms with Gasteiger partial charge in [0.05, 0.1) is 10.4 Å². The van der Waals surface area contributed by atoms with Crippen molar-refractivity contribution >= 4 is 21.1 Å². The summed E-state index contributed by atoms with van der Waals surface area (Å²) in [5.74, 6) is -0.311. The fraction of sp³-hybridized carbons (Fsp3) is 0.100. The average molecular weight is 429 g/mol. The summed E-state index contributed by atoms with van der Waals surface area (Å²) < 4.78 is 52.6. The lowest BCUT2D eigenvalue weighted by atomic mass is 10.3. The molecule has 0 saturated heterocycles. The Labute approximate surface area is 170 Å². The number of sulfonamides is 1. The number of hydrogen-bond acceptors (Lipinski definition) is 6. The van der Waals surface area contributed by atoms with Gasteiger partial charge in [0.2, 0.25) is 15.9 Å². The molecule has 4 rings (SSSR count). The van der Waals surface area contributed by atoms with E-state index in [1.165, 1.54) is 60.3 Å². The molecule has 2 aromatic heterocycles. The van der Waals surface area contributed by atoms with Gasteiger partial charge in [0, 0.05) is 31.9 Å². The molecule has 0 radical (unpaired) electrons. The van der Waals surface area contributed by atoms with Crippen LogP contribution in [0, 0.1) is 5.82 Å². The first-order valence-corrected chi connectivity index (χ1v) is 10.3. The van der Waals surface area contributed by atoms with Gasteiger partial charge in [0.1, 0.15) is 11.6 Å². The molecule has 10 heteroatoms. The summed E-state index contributed by atoms with van der Waals surface area (Å²) in [4.78, 5) is 15.6. The van der Waals surface area contributed by atoms with Crippen LogP contribution in [0.3, 0.4) is 0 Å². The van der Waals surface area contributed by atoms with Gasteiger partial charge in [-0.3, -0.25) is 4.57 Å². The van der Waals surface area contributed by atoms with Crippen LogP contribution in [-0.4, -0.2) is 18.0 Å². The Bertz CT molecular complexity index is 1380. The Balaban J connectivity index is 1.49. The largest absolute Gasteiger partial charge is 0.439 e. The van der Waals surface area contributed by atoms with Crippen molar-refractivity contribution < 1.29 is 22.0 Å². The number of nitrogens with one attached hydrogen (secondary N) is 1. The third kappa shape index (κ3) is 4.09. The molecule has 4 aromatic rings. The highest BCUT2D eigenvalue weighted by molar-refractivity contribution is 7.89. The Morgan fingerprint density at radius 1 is 1.13 bits per heavy atom. The van der Waals surface area contributed by atoms with Gasteiger partial charge in [-0.25, -0.2) is 27.3 Å². The molecule has 0 aliphatic carbocycles. The Morgan fingerprint density at radius 3 is 2.67 bits per heavy atom. The molecule has 1 N–H and O–H groups in total. The SMILES string of the molecule is Cn1c(=O)oc2cc(S(=O)(=O)NCc3ccnc(Oc4ccc(F)cc4)c3)ccc21. The fourth-order valence-corrected chi connectivity index (χ4v) is 3.82. The highest BCUT2D eigenvalue weighted by Gasteiger charge is 2.17. The maximum Gasteiger partial charge on any atom is 0.419 e. The van der Waals surface area contributed by atoms with Gasteiger partial charge in [-0.2, -0.15) is 0 Å². The normalized spacial score (nSPS) is 11.7. The van der Waals surface area contributed by atoms with E-state index in [-0.39, 0.29) is 28.7 Å². The molecule has 0 atom stereocenters. The number of ether oxygens (including phenoxy) is 1. The minimum absolute atomic E-state index is 0.0125. The molecule has 8 nitrogen and oxygen atoms in total. The third-order valence-electron chi connectivity index (χ3n) is 4.38. The first-order chi connectivity index (χ1) is 14.3. The summed E-state index contributed by atoms with van der Waals surface area (Å²) in [6.07, 6.45) is 1.48. The molecule has 30 heavy (non-hydrogen) atoms. The zero-order valence-corrected chi connectivity index (χ0v) is 16.5. The van der Waals surface area contributed by atoms with Crippen molar-refractivity contribution in [3.05, 3.63) is 82.7 Å². The maximum atomic E-state index is 13.0. The number of aryl methyl sites for hydroxylation is 1. The lowest BCUT2D eigenvalue weighted by Gasteiger charge is -2.09. The minimum atomic E-state index is -3.85. The molecule has 154 valence electrons. The summed E-state index contributed by atoms with van der Waals surface area (Å²) in [5, 5.41) is 0. The van der Waals surface area contributed by atoms with Crippen LogP contribution in [0.2, 0.25) is 0 Å². The van der Waals surface area contributed by atoms with Crippen LogP contribution in [0.1, 0.15) is 5.56 Å². The van der Waals surface area contributed by atoms with Crippen molar-refractivity contribution in [2.24, 2.45) is 7.05 Å². The molecular formula is C20H16FN3O5S. The van der Waals surface area contributed by atoms with Gasteiger partial charge >= 0.3 is 5.76 Å². The van der Waals surface area contributed by atoms with E-state index in [4.69, 9.17) is 9.15 Å². The Hall–Kier alpha value is -3.50. The minimum Gasteiger partial charge on any atom is -0.439 e. The highest BCUT2D eigenvalue weighted by Crippen LogP contribution is 2.21. The summed E-state index contributed by atoms with van der Waals surface area (Å²) >= 11 is 0. The van der Waals surface area contributed by atoms with E-state index in [0.717, 1.165) is 0 Å². The van der Waals surface area contributed by atoms with E-state index >= 15 is 0 Å². The predicted molar refractivity (Wildman–Crippen MR) is 106 cm³/mol. The second-order valence-corrected chi connectivity index (χ2v) is 8.21. The zero-order valence-electron chi connectivity index (χ0n) is 15.7. The van der Waals surface area contributed by atoms with Crippen molar-refractivity contribution in [2.45, 2.75) is 11.4 Å². The van der Waals surface area contributed by atoms with E-state index in [0.29, 0.717) is 16.8 Å². The molecule has 0 amide bonds. The standard InChI is InChI=1S/C20H16FN3O5S/c1-24-17-7-6-16(11-18(17)29-20(24)25)30(26,27)23-12-13-8-9-22-19(10-13)28-15-4-2-14(21)3-5-15/h2-11,23H,12H2,1H3. The van der Waals surface area contributed by atoms with Crippen LogP contribution < -0.4 is 15.2 Å². The van der Waals surface area contributed by atoms with Crippen LogP contribution in [0.25, 0.3) is 11.1 Å². The fourth-order valence-electron chi connectivity index (χ4n) is 2.78. The molecule has 0 aliphatic heterocycles. The Morgan fingerprint density at radius 2 is 1.90 bits per heavy atom. The van der Waals surface area contributed by atoms with Crippen molar-refractivity contribution in [3.63, 3.8) is 0 Å². The van der Waals surface area contributed by atoms with E-state index in [2.05, 4.69) is 9.71 Å². The van der Waals surface area contributed by atoms with Gasteiger partial charge in [-0.15, -0.1) is 0 Å². The van der Waals surface area contributed by atoms with Crippen LogP contribution in [-0.2, 0) is 23.6 Å². The van der Waals surface area contributed by atoms with Gasteiger partial charge in [0.25, 0.3) is 0 Å². The summed E-state index contributed by atoms with van der Waals surface area (Å²) in [7, 11) is -2.32. The van der Waals surface area contributed by atoms with Crippen molar-refractivity contribution in [2.75, 3.05) is 0 Å². The molecule has 0 fully saturated rings. The van der Waals surface area contributed by atoms with E-state index < -0.39 is 15.8 Å². The molecule has 0 spiro atoms. The molecule has 2 heterocycles. The monoisotopic (exact) mass is 429 g/mol. The topological polar surface area (TPSA) is 103 Å². The number of nitrogens with zero attached hydrogens (tertiary/aromatic N) is 2. The summed E-state index contributed by atoms with van der Waals surface area (Å²) in [5.41, 5.74) is 1.29. The second kappa shape index (κ2) is 7.73. The van der Waals surface area contributed by atoms with Crippen LogP contribution in [0.15, 0.2) is 74.9 Å². The van der Waals surface area contributed by atoms with Crippen molar-refractivity contribution in [3.8, 4) is 11.6 Å². The predicted octanol–water partition coefficient (Wildman–Crippen LogP) is 2.94. The van der Waals surface area contributed by atoms with Gasteiger partial charge < -0.3 is 9.15 Å². The third-order valence-corrected chi connectivity index (χ3v) is 5.77. The number of aromatic nitrogens is 2. The number of pyridine rings is 1. The quantitative estimate of drug-likeness (QED) is 0.506. The van der Waals surface area contributed by atoms with Crippen LogP contribution >= 0.6 is 0 Å². The van der Waals surface area contributed by atoms with Crippen LogP contribution in [0.4, 0.5) is 4.39 Å². The second-order valence-electron chi connectivity index (χ2n) is 6.44. The highest BCUT2D eigenvalue weighted by atomic mass is 32.2. The first-order valence-electron chi connectivity index (χ1n) is 8.79. The molecule has 2 aromatic carbocycles. The molecule has 0 aliphatic rings. The maximum absolute atomic E-state index is 13.0. The van der Waals surface area contributed by atoms with Gasteiger partial charge in [-0.1, -0.05) is 0 Å². The summed E-state index contributed by atoms with van der Waals surface area (Å²) in [6, 6.07) is 12.9. The lowest BCUT2D eigenvalue weighted by molar-refractivity contribution is 0.460.